The molecule has 2 aromatic rings. The van der Waals surface area contributed by atoms with Gasteiger partial charge in [-0.15, -0.1) is 0 Å². The van der Waals surface area contributed by atoms with E-state index in [0.717, 1.165) is 16.5 Å². The first kappa shape index (κ1) is 12.4. The van der Waals surface area contributed by atoms with Crippen LogP contribution in [0.5, 0.6) is 5.75 Å². The topological polar surface area (TPSA) is 48.4 Å². The molecule has 0 spiro atoms. The number of pyridine rings is 1. The summed E-state index contributed by atoms with van der Waals surface area (Å²) in [5, 5.41) is 0.903. The third kappa shape index (κ3) is 1.79. The SMILES string of the molecule is COC(=O)c1c(C)nc2c(OC)cccc2c1C. The van der Waals surface area contributed by atoms with Crippen molar-refractivity contribution >= 4 is 16.9 Å². The van der Waals surface area contributed by atoms with Crippen molar-refractivity contribution in [2.45, 2.75) is 13.8 Å². The average molecular weight is 245 g/mol. The summed E-state index contributed by atoms with van der Waals surface area (Å²) in [6, 6.07) is 5.66. The van der Waals surface area contributed by atoms with Crippen molar-refractivity contribution in [1.29, 1.82) is 0 Å². The zero-order valence-electron chi connectivity index (χ0n) is 10.9. The van der Waals surface area contributed by atoms with Crippen LogP contribution >= 0.6 is 0 Å². The Bertz CT molecular complexity index is 620. The summed E-state index contributed by atoms with van der Waals surface area (Å²) in [5.41, 5.74) is 2.81. The van der Waals surface area contributed by atoms with Crippen LogP contribution in [0.25, 0.3) is 10.9 Å². The van der Waals surface area contributed by atoms with E-state index in [1.54, 1.807) is 14.0 Å². The molecule has 0 fully saturated rings. The second kappa shape index (κ2) is 4.64. The van der Waals surface area contributed by atoms with Gasteiger partial charge in [0.2, 0.25) is 0 Å². The Morgan fingerprint density at radius 2 is 1.94 bits per heavy atom. The molecule has 0 aliphatic carbocycles. The molecule has 1 aromatic carbocycles. The third-order valence-corrected chi connectivity index (χ3v) is 3.03. The summed E-state index contributed by atoms with van der Waals surface area (Å²) < 4.78 is 10.1. The molecule has 0 unspecified atom stereocenters. The fourth-order valence-corrected chi connectivity index (χ4v) is 2.14. The molecule has 0 atom stereocenters. The van der Waals surface area contributed by atoms with Gasteiger partial charge in [0.25, 0.3) is 0 Å². The molecule has 94 valence electrons. The number of hydrogen-bond acceptors (Lipinski definition) is 4. The average Bonchev–Trinajstić information content (AvgIpc) is 2.37. The van der Waals surface area contributed by atoms with E-state index >= 15 is 0 Å². The van der Waals surface area contributed by atoms with Crippen LogP contribution in [0.2, 0.25) is 0 Å². The number of aromatic nitrogens is 1. The maximum Gasteiger partial charge on any atom is 0.339 e. The van der Waals surface area contributed by atoms with Crippen molar-refractivity contribution in [3.8, 4) is 5.75 Å². The number of rotatable bonds is 2. The van der Waals surface area contributed by atoms with Gasteiger partial charge in [-0.1, -0.05) is 12.1 Å². The molecule has 4 nitrogen and oxygen atoms in total. The maximum atomic E-state index is 11.8. The van der Waals surface area contributed by atoms with Gasteiger partial charge in [-0.2, -0.15) is 0 Å². The molecule has 1 heterocycles. The van der Waals surface area contributed by atoms with Crippen molar-refractivity contribution in [3.63, 3.8) is 0 Å². The number of carbonyl (C=O) groups is 1. The summed E-state index contributed by atoms with van der Waals surface area (Å²) >= 11 is 0. The highest BCUT2D eigenvalue weighted by Gasteiger charge is 2.18. The molecule has 1 aromatic heterocycles. The lowest BCUT2D eigenvalue weighted by molar-refractivity contribution is 0.0599. The lowest BCUT2D eigenvalue weighted by atomic mass is 10.0. The van der Waals surface area contributed by atoms with E-state index < -0.39 is 0 Å². The zero-order valence-corrected chi connectivity index (χ0v) is 10.9. The first-order valence-electron chi connectivity index (χ1n) is 5.62. The van der Waals surface area contributed by atoms with Gasteiger partial charge < -0.3 is 9.47 Å². The van der Waals surface area contributed by atoms with Crippen LogP contribution < -0.4 is 4.74 Å². The van der Waals surface area contributed by atoms with Gasteiger partial charge in [0, 0.05) is 5.39 Å². The highest BCUT2D eigenvalue weighted by atomic mass is 16.5. The fourth-order valence-electron chi connectivity index (χ4n) is 2.14. The minimum absolute atomic E-state index is 0.359. The maximum absolute atomic E-state index is 11.8. The van der Waals surface area contributed by atoms with Gasteiger partial charge in [0.1, 0.15) is 11.3 Å². The van der Waals surface area contributed by atoms with Gasteiger partial charge in [0.05, 0.1) is 25.5 Å². The van der Waals surface area contributed by atoms with E-state index in [1.807, 2.05) is 25.1 Å². The molecule has 4 heteroatoms. The molecule has 0 amide bonds. The number of methoxy groups -OCH3 is 2. The first-order valence-corrected chi connectivity index (χ1v) is 5.62. The van der Waals surface area contributed by atoms with E-state index in [4.69, 9.17) is 9.47 Å². The Morgan fingerprint density at radius 3 is 2.56 bits per heavy atom. The molecule has 0 radical (unpaired) electrons. The molecule has 0 saturated carbocycles. The number of para-hydroxylation sites is 1. The van der Waals surface area contributed by atoms with E-state index in [2.05, 4.69) is 4.98 Å². The number of carbonyl (C=O) groups excluding carboxylic acids is 1. The second-order valence-corrected chi connectivity index (χ2v) is 4.05. The van der Waals surface area contributed by atoms with Crippen molar-refractivity contribution in [2.24, 2.45) is 0 Å². The lowest BCUT2D eigenvalue weighted by Gasteiger charge is -2.12. The van der Waals surface area contributed by atoms with Crippen LogP contribution in [0.1, 0.15) is 21.6 Å². The number of aryl methyl sites for hydroxylation is 2. The standard InChI is InChI=1S/C14H15NO3/c1-8-10-6-5-7-11(17-3)13(10)15-9(2)12(8)14(16)18-4/h5-7H,1-4H3. The number of ether oxygens (including phenoxy) is 2. The Morgan fingerprint density at radius 1 is 1.22 bits per heavy atom. The number of nitrogens with zero attached hydrogens (tertiary/aromatic N) is 1. The van der Waals surface area contributed by atoms with Gasteiger partial charge in [-0.25, -0.2) is 9.78 Å². The number of benzene rings is 1. The largest absolute Gasteiger partial charge is 0.494 e. The highest BCUT2D eigenvalue weighted by Crippen LogP contribution is 2.29. The smallest absolute Gasteiger partial charge is 0.339 e. The predicted octanol–water partition coefficient (Wildman–Crippen LogP) is 2.65. The van der Waals surface area contributed by atoms with Gasteiger partial charge in [-0.05, 0) is 25.5 Å². The van der Waals surface area contributed by atoms with Crippen molar-refractivity contribution in [2.75, 3.05) is 14.2 Å². The minimum Gasteiger partial charge on any atom is -0.494 e. The summed E-state index contributed by atoms with van der Waals surface area (Å²) in [5.74, 6) is 0.345. The van der Waals surface area contributed by atoms with Crippen LogP contribution in [-0.2, 0) is 4.74 Å². The third-order valence-electron chi connectivity index (χ3n) is 3.03. The Hall–Kier alpha value is -2.10. The van der Waals surface area contributed by atoms with Crippen LogP contribution in [0, 0.1) is 13.8 Å². The van der Waals surface area contributed by atoms with Crippen molar-refractivity contribution in [3.05, 3.63) is 35.0 Å². The summed E-state index contributed by atoms with van der Waals surface area (Å²) in [6.45, 7) is 3.69. The molecule has 0 aliphatic rings. The molecule has 0 bridgehead atoms. The molecular formula is C14H15NO3. The number of hydrogen-bond donors (Lipinski definition) is 0. The first-order chi connectivity index (χ1) is 8.60. The lowest BCUT2D eigenvalue weighted by Crippen LogP contribution is -2.09. The van der Waals surface area contributed by atoms with E-state index in [0.29, 0.717) is 17.0 Å². The van der Waals surface area contributed by atoms with E-state index in [-0.39, 0.29) is 5.97 Å². The van der Waals surface area contributed by atoms with Gasteiger partial charge in [0.15, 0.2) is 0 Å². The van der Waals surface area contributed by atoms with Gasteiger partial charge in [-0.3, -0.25) is 0 Å². The summed E-state index contributed by atoms with van der Waals surface area (Å²) in [7, 11) is 2.98. The zero-order chi connectivity index (χ0) is 13.3. The Labute approximate surface area is 106 Å². The quantitative estimate of drug-likeness (QED) is 0.763. The number of fused-ring (bicyclic) bond motifs is 1. The van der Waals surface area contributed by atoms with E-state index in [9.17, 15) is 4.79 Å². The van der Waals surface area contributed by atoms with Gasteiger partial charge >= 0.3 is 5.97 Å². The molecule has 0 saturated heterocycles. The van der Waals surface area contributed by atoms with Crippen LogP contribution in [0.15, 0.2) is 18.2 Å². The Balaban J connectivity index is 2.83. The monoisotopic (exact) mass is 245 g/mol. The highest BCUT2D eigenvalue weighted by molar-refractivity contribution is 5.99. The second-order valence-electron chi connectivity index (χ2n) is 4.05. The van der Waals surface area contributed by atoms with Crippen LogP contribution in [0.3, 0.4) is 0 Å². The molecule has 2 rings (SSSR count). The fraction of sp³-hybridized carbons (Fsp3) is 0.286. The summed E-state index contributed by atoms with van der Waals surface area (Å²) in [6.07, 6.45) is 0. The normalized spacial score (nSPS) is 10.4. The van der Waals surface area contributed by atoms with Crippen molar-refractivity contribution < 1.29 is 14.3 Å². The van der Waals surface area contributed by atoms with Crippen LogP contribution in [0.4, 0.5) is 0 Å². The molecule has 0 aliphatic heterocycles. The predicted molar refractivity (Wildman–Crippen MR) is 69.1 cm³/mol. The summed E-state index contributed by atoms with van der Waals surface area (Å²) in [4.78, 5) is 16.2. The Kier molecular flexibility index (Phi) is 3.19. The molecule has 18 heavy (non-hydrogen) atoms. The molecule has 0 N–H and O–H groups in total. The minimum atomic E-state index is -0.359. The molecular weight excluding hydrogens is 230 g/mol. The number of esters is 1. The van der Waals surface area contributed by atoms with E-state index in [1.165, 1.54) is 7.11 Å². The van der Waals surface area contributed by atoms with Crippen LogP contribution in [-0.4, -0.2) is 25.2 Å². The van der Waals surface area contributed by atoms with Crippen molar-refractivity contribution in [1.82, 2.24) is 4.98 Å².